The highest BCUT2D eigenvalue weighted by atomic mass is 19.4. The minimum Gasteiger partial charge on any atom is -0.378 e. The van der Waals surface area contributed by atoms with Crippen LogP contribution in [-0.4, -0.2) is 46.1 Å². The Labute approximate surface area is 164 Å². The number of nitrogens with two attached hydrogens (primary N) is 1. The van der Waals surface area contributed by atoms with E-state index in [9.17, 15) is 13.2 Å². The number of nitrogens with one attached hydrogen (secondary N) is 1. The van der Waals surface area contributed by atoms with Gasteiger partial charge in [-0.1, -0.05) is 6.07 Å². The highest BCUT2D eigenvalue weighted by molar-refractivity contribution is 5.60. The van der Waals surface area contributed by atoms with Crippen molar-refractivity contribution in [3.8, 4) is 5.82 Å². The van der Waals surface area contributed by atoms with Crippen molar-refractivity contribution < 1.29 is 17.9 Å². The molecule has 1 aliphatic heterocycles. The van der Waals surface area contributed by atoms with Crippen molar-refractivity contribution >= 4 is 23.3 Å². The average Bonchev–Trinajstić information content (AvgIpc) is 3.09. The van der Waals surface area contributed by atoms with E-state index in [-0.39, 0.29) is 17.7 Å². The summed E-state index contributed by atoms with van der Waals surface area (Å²) in [4.78, 5) is 9.85. The Morgan fingerprint density at radius 2 is 1.72 bits per heavy atom. The van der Waals surface area contributed by atoms with Crippen LogP contribution in [0.2, 0.25) is 0 Å². The van der Waals surface area contributed by atoms with Crippen LogP contribution in [0.25, 0.3) is 5.82 Å². The molecule has 3 aromatic rings. The minimum atomic E-state index is -4.56. The summed E-state index contributed by atoms with van der Waals surface area (Å²) in [6.45, 7) is 3.06. The van der Waals surface area contributed by atoms with Gasteiger partial charge >= 0.3 is 6.18 Å². The number of hydrogen-bond donors (Lipinski definition) is 2. The normalized spacial score (nSPS) is 14.8. The molecule has 1 aromatic carbocycles. The number of nitrogens with zero attached hydrogens (tertiary/aromatic N) is 5. The van der Waals surface area contributed by atoms with E-state index >= 15 is 0 Å². The van der Waals surface area contributed by atoms with Gasteiger partial charge in [-0.25, -0.2) is 4.98 Å². The van der Waals surface area contributed by atoms with Gasteiger partial charge in [-0.2, -0.15) is 22.8 Å². The van der Waals surface area contributed by atoms with Gasteiger partial charge in [0.2, 0.25) is 11.9 Å². The van der Waals surface area contributed by atoms with Crippen LogP contribution < -0.4 is 16.0 Å². The van der Waals surface area contributed by atoms with Gasteiger partial charge in [-0.15, -0.1) is 5.10 Å². The maximum Gasteiger partial charge on any atom is 0.433 e. The molecule has 0 bridgehead atoms. The van der Waals surface area contributed by atoms with E-state index in [1.165, 1.54) is 12.1 Å². The monoisotopic (exact) mass is 405 g/mol. The molecule has 4 rings (SSSR count). The number of alkyl halides is 3. The molecule has 1 saturated heterocycles. The number of halogens is 3. The van der Waals surface area contributed by atoms with Crippen molar-refractivity contribution in [1.82, 2.24) is 19.7 Å². The lowest BCUT2D eigenvalue weighted by Crippen LogP contribution is -2.36. The SMILES string of the molecule is Nc1nc(Nc2ccc(N3CCOCC3)cc2)nn1-c1cccc(C(F)(F)F)n1. The van der Waals surface area contributed by atoms with Crippen LogP contribution in [0.5, 0.6) is 0 Å². The van der Waals surface area contributed by atoms with E-state index in [4.69, 9.17) is 10.5 Å². The summed E-state index contributed by atoms with van der Waals surface area (Å²) in [7, 11) is 0. The number of ether oxygens (including phenoxy) is 1. The van der Waals surface area contributed by atoms with Crippen LogP contribution in [0.4, 0.5) is 36.4 Å². The van der Waals surface area contributed by atoms with Crippen molar-refractivity contribution in [2.75, 3.05) is 42.3 Å². The van der Waals surface area contributed by atoms with Gasteiger partial charge in [0.25, 0.3) is 0 Å². The zero-order valence-corrected chi connectivity index (χ0v) is 15.2. The van der Waals surface area contributed by atoms with Gasteiger partial charge in [0.05, 0.1) is 13.2 Å². The van der Waals surface area contributed by atoms with Crippen LogP contribution in [0.1, 0.15) is 5.69 Å². The summed E-state index contributed by atoms with van der Waals surface area (Å²) in [6.07, 6.45) is -4.56. The van der Waals surface area contributed by atoms with Gasteiger partial charge in [0.15, 0.2) is 5.82 Å². The van der Waals surface area contributed by atoms with E-state index in [2.05, 4.69) is 25.3 Å². The Kier molecular flexibility index (Phi) is 4.97. The molecule has 3 heterocycles. The van der Waals surface area contributed by atoms with E-state index in [0.29, 0.717) is 13.2 Å². The molecule has 0 saturated carbocycles. The fourth-order valence-corrected chi connectivity index (χ4v) is 2.95. The highest BCUT2D eigenvalue weighted by Crippen LogP contribution is 2.28. The number of nitrogen functional groups attached to an aromatic ring is 1. The summed E-state index contributed by atoms with van der Waals surface area (Å²) in [5, 5.41) is 7.12. The molecule has 0 amide bonds. The standard InChI is InChI=1S/C18H18F3N7O/c19-18(20,21)14-2-1-3-15(24-14)28-16(22)25-17(26-28)23-12-4-6-13(7-5-12)27-8-10-29-11-9-27/h1-7H,8-11H2,(H3,22,23,25,26). The smallest absolute Gasteiger partial charge is 0.378 e. The van der Waals surface area contributed by atoms with Crippen LogP contribution in [-0.2, 0) is 10.9 Å². The molecule has 1 fully saturated rings. The average molecular weight is 405 g/mol. The lowest BCUT2D eigenvalue weighted by atomic mass is 10.2. The number of morpholine rings is 1. The van der Waals surface area contributed by atoms with Crippen LogP contribution in [0, 0.1) is 0 Å². The second-order valence-electron chi connectivity index (χ2n) is 6.36. The quantitative estimate of drug-likeness (QED) is 0.689. The zero-order chi connectivity index (χ0) is 20.4. The van der Waals surface area contributed by atoms with E-state index in [0.717, 1.165) is 35.2 Å². The van der Waals surface area contributed by atoms with Crippen LogP contribution >= 0.6 is 0 Å². The number of pyridine rings is 1. The lowest BCUT2D eigenvalue weighted by Gasteiger charge is -2.28. The summed E-state index contributed by atoms with van der Waals surface area (Å²) < 4.78 is 45.0. The first-order valence-electron chi connectivity index (χ1n) is 8.87. The first-order chi connectivity index (χ1) is 13.9. The molecular weight excluding hydrogens is 387 g/mol. The summed E-state index contributed by atoms with van der Waals surface area (Å²) in [6, 6.07) is 11.1. The number of rotatable bonds is 4. The van der Waals surface area contributed by atoms with Crippen molar-refractivity contribution in [3.05, 3.63) is 48.2 Å². The molecule has 11 heteroatoms. The number of aromatic nitrogens is 4. The number of benzene rings is 1. The second kappa shape index (κ2) is 7.59. The Bertz CT molecular complexity index is 982. The van der Waals surface area contributed by atoms with Crippen LogP contribution in [0.3, 0.4) is 0 Å². The third kappa shape index (κ3) is 4.24. The van der Waals surface area contributed by atoms with Crippen LogP contribution in [0.15, 0.2) is 42.5 Å². The molecule has 3 N–H and O–H groups in total. The molecule has 8 nitrogen and oxygen atoms in total. The first kappa shape index (κ1) is 19.0. The summed E-state index contributed by atoms with van der Waals surface area (Å²) in [5.41, 5.74) is 6.58. The number of anilines is 4. The van der Waals surface area contributed by atoms with Crippen molar-refractivity contribution in [2.45, 2.75) is 6.18 Å². The molecule has 0 atom stereocenters. The first-order valence-corrected chi connectivity index (χ1v) is 8.87. The van der Waals surface area contributed by atoms with Gasteiger partial charge in [0, 0.05) is 24.5 Å². The second-order valence-corrected chi connectivity index (χ2v) is 6.36. The highest BCUT2D eigenvalue weighted by Gasteiger charge is 2.32. The van der Waals surface area contributed by atoms with Crippen molar-refractivity contribution in [3.63, 3.8) is 0 Å². The third-order valence-electron chi connectivity index (χ3n) is 4.37. The molecule has 0 spiro atoms. The molecular formula is C18H18F3N7O. The largest absolute Gasteiger partial charge is 0.433 e. The van der Waals surface area contributed by atoms with Gasteiger partial charge in [0.1, 0.15) is 5.69 Å². The summed E-state index contributed by atoms with van der Waals surface area (Å²) in [5.74, 6) is 0.00522. The minimum absolute atomic E-state index is 0.0689. The van der Waals surface area contributed by atoms with E-state index < -0.39 is 11.9 Å². The summed E-state index contributed by atoms with van der Waals surface area (Å²) >= 11 is 0. The third-order valence-corrected chi connectivity index (χ3v) is 4.37. The molecule has 2 aromatic heterocycles. The van der Waals surface area contributed by atoms with Gasteiger partial charge < -0.3 is 20.7 Å². The van der Waals surface area contributed by atoms with Gasteiger partial charge in [-0.05, 0) is 36.4 Å². The fraction of sp³-hybridized carbons (Fsp3) is 0.278. The zero-order valence-electron chi connectivity index (χ0n) is 15.2. The predicted octanol–water partition coefficient (Wildman–Crippen LogP) is 2.84. The number of hydrogen-bond acceptors (Lipinski definition) is 7. The van der Waals surface area contributed by atoms with Crippen molar-refractivity contribution in [2.24, 2.45) is 0 Å². The Balaban J connectivity index is 1.51. The Morgan fingerprint density at radius 3 is 2.41 bits per heavy atom. The topological polar surface area (TPSA) is 94.1 Å². The van der Waals surface area contributed by atoms with E-state index in [1.54, 1.807) is 0 Å². The lowest BCUT2D eigenvalue weighted by molar-refractivity contribution is -0.141. The molecule has 1 aliphatic rings. The fourth-order valence-electron chi connectivity index (χ4n) is 2.95. The Hall–Kier alpha value is -3.34. The molecule has 29 heavy (non-hydrogen) atoms. The molecule has 0 radical (unpaired) electrons. The predicted molar refractivity (Wildman–Crippen MR) is 101 cm³/mol. The van der Waals surface area contributed by atoms with E-state index in [1.807, 2.05) is 24.3 Å². The molecule has 0 unspecified atom stereocenters. The Morgan fingerprint density at radius 1 is 1.00 bits per heavy atom. The maximum atomic E-state index is 12.9. The van der Waals surface area contributed by atoms with Gasteiger partial charge in [-0.3, -0.25) is 0 Å². The molecule has 152 valence electrons. The van der Waals surface area contributed by atoms with Crippen molar-refractivity contribution in [1.29, 1.82) is 0 Å². The maximum absolute atomic E-state index is 12.9. The molecule has 0 aliphatic carbocycles.